The molecule has 0 heterocycles. The summed E-state index contributed by atoms with van der Waals surface area (Å²) in [7, 11) is 1.55. The predicted octanol–water partition coefficient (Wildman–Crippen LogP) is 2.78. The van der Waals surface area contributed by atoms with Crippen LogP contribution in [0.3, 0.4) is 0 Å². The summed E-state index contributed by atoms with van der Waals surface area (Å²) in [6.45, 7) is 3.17. The summed E-state index contributed by atoms with van der Waals surface area (Å²) in [5.74, 6) is -0.404. The van der Waals surface area contributed by atoms with E-state index in [2.05, 4.69) is 21.2 Å². The molecule has 0 aromatic heterocycles. The zero-order valence-electron chi connectivity index (χ0n) is 11.5. The lowest BCUT2D eigenvalue weighted by Crippen LogP contribution is -2.43. The van der Waals surface area contributed by atoms with Crippen LogP contribution < -0.4 is 10.1 Å². The van der Waals surface area contributed by atoms with E-state index in [4.69, 9.17) is 9.84 Å². The van der Waals surface area contributed by atoms with E-state index in [0.29, 0.717) is 15.9 Å². The van der Waals surface area contributed by atoms with Gasteiger partial charge in [0.2, 0.25) is 0 Å². The van der Waals surface area contributed by atoms with Crippen molar-refractivity contribution < 1.29 is 19.4 Å². The van der Waals surface area contributed by atoms with Crippen LogP contribution in [0, 0.1) is 0 Å². The smallest absolute Gasteiger partial charge is 0.323 e. The number of carbonyl (C=O) groups is 2. The number of amides is 2. The minimum Gasteiger partial charge on any atom is -0.496 e. The van der Waals surface area contributed by atoms with Crippen LogP contribution in [0.2, 0.25) is 0 Å². The molecule has 0 fully saturated rings. The SMILES string of the molecule is COc1ccc(NC(=O)N(CC(=O)O)C(C)C)cc1Br. The normalized spacial score (nSPS) is 10.2. The molecule has 20 heavy (non-hydrogen) atoms. The Balaban J connectivity index is 2.82. The molecule has 0 bridgehead atoms. The first kappa shape index (κ1) is 16.3. The van der Waals surface area contributed by atoms with Crippen LogP contribution >= 0.6 is 15.9 Å². The highest BCUT2D eigenvalue weighted by atomic mass is 79.9. The second kappa shape index (κ2) is 7.14. The lowest BCUT2D eigenvalue weighted by molar-refractivity contribution is -0.137. The minimum absolute atomic E-state index is 0.215. The first-order valence-corrected chi connectivity index (χ1v) is 6.77. The van der Waals surface area contributed by atoms with Gasteiger partial charge in [-0.1, -0.05) is 0 Å². The van der Waals surface area contributed by atoms with Gasteiger partial charge in [0.15, 0.2) is 0 Å². The van der Waals surface area contributed by atoms with Crippen molar-refractivity contribution in [2.75, 3.05) is 19.0 Å². The summed E-state index contributed by atoms with van der Waals surface area (Å²) in [5, 5.41) is 11.5. The van der Waals surface area contributed by atoms with E-state index < -0.39 is 12.0 Å². The molecule has 0 saturated heterocycles. The number of rotatable bonds is 5. The van der Waals surface area contributed by atoms with Crippen molar-refractivity contribution >= 4 is 33.6 Å². The van der Waals surface area contributed by atoms with Crippen molar-refractivity contribution in [3.05, 3.63) is 22.7 Å². The zero-order chi connectivity index (χ0) is 15.3. The van der Waals surface area contributed by atoms with Crippen molar-refractivity contribution in [3.63, 3.8) is 0 Å². The second-order valence-corrected chi connectivity index (χ2v) is 5.25. The van der Waals surface area contributed by atoms with Gasteiger partial charge in [0.1, 0.15) is 12.3 Å². The van der Waals surface area contributed by atoms with Gasteiger partial charge < -0.3 is 20.1 Å². The summed E-state index contributed by atoms with van der Waals surface area (Å²) in [5.41, 5.74) is 0.554. The van der Waals surface area contributed by atoms with E-state index in [-0.39, 0.29) is 12.6 Å². The third kappa shape index (κ3) is 4.41. The maximum Gasteiger partial charge on any atom is 0.323 e. The Morgan fingerprint density at radius 3 is 2.55 bits per heavy atom. The largest absolute Gasteiger partial charge is 0.496 e. The van der Waals surface area contributed by atoms with Crippen LogP contribution in [0.1, 0.15) is 13.8 Å². The molecule has 7 heteroatoms. The number of anilines is 1. The van der Waals surface area contributed by atoms with Crippen molar-refractivity contribution in [2.45, 2.75) is 19.9 Å². The fraction of sp³-hybridized carbons (Fsp3) is 0.385. The topological polar surface area (TPSA) is 78.9 Å². The summed E-state index contributed by atoms with van der Waals surface area (Å²) >= 11 is 3.32. The average molecular weight is 345 g/mol. The quantitative estimate of drug-likeness (QED) is 0.860. The highest BCUT2D eigenvalue weighted by molar-refractivity contribution is 9.10. The standard InChI is InChI=1S/C13H17BrN2O4/c1-8(2)16(7-12(17)18)13(19)15-9-4-5-11(20-3)10(14)6-9/h4-6,8H,7H2,1-3H3,(H,15,19)(H,17,18). The molecule has 0 atom stereocenters. The molecule has 0 unspecified atom stereocenters. The van der Waals surface area contributed by atoms with E-state index >= 15 is 0 Å². The van der Waals surface area contributed by atoms with Gasteiger partial charge in [-0.3, -0.25) is 4.79 Å². The van der Waals surface area contributed by atoms with Crippen LogP contribution in [0.4, 0.5) is 10.5 Å². The highest BCUT2D eigenvalue weighted by Gasteiger charge is 2.20. The molecule has 0 spiro atoms. The van der Waals surface area contributed by atoms with Crippen LogP contribution in [0.25, 0.3) is 0 Å². The Labute approximate surface area is 125 Å². The van der Waals surface area contributed by atoms with Crippen molar-refractivity contribution in [1.29, 1.82) is 0 Å². The number of aliphatic carboxylic acids is 1. The van der Waals surface area contributed by atoms with E-state index in [1.165, 1.54) is 4.90 Å². The number of urea groups is 1. The van der Waals surface area contributed by atoms with Crippen molar-refractivity contribution in [2.24, 2.45) is 0 Å². The number of halogens is 1. The number of carboxylic acids is 1. The van der Waals surface area contributed by atoms with Crippen LogP contribution in [0.5, 0.6) is 5.75 Å². The molecule has 0 radical (unpaired) electrons. The number of methoxy groups -OCH3 is 1. The Hall–Kier alpha value is -1.76. The van der Waals surface area contributed by atoms with Gasteiger partial charge in [-0.2, -0.15) is 0 Å². The monoisotopic (exact) mass is 344 g/mol. The number of benzene rings is 1. The molecule has 0 aliphatic carbocycles. The molecule has 2 amide bonds. The Kier molecular flexibility index (Phi) is 5.82. The number of nitrogens with zero attached hydrogens (tertiary/aromatic N) is 1. The van der Waals surface area contributed by atoms with Gasteiger partial charge in [-0.15, -0.1) is 0 Å². The Morgan fingerprint density at radius 2 is 2.10 bits per heavy atom. The van der Waals surface area contributed by atoms with Crippen LogP contribution in [0.15, 0.2) is 22.7 Å². The molecule has 2 N–H and O–H groups in total. The van der Waals surface area contributed by atoms with Crippen molar-refractivity contribution in [1.82, 2.24) is 4.90 Å². The summed E-state index contributed by atoms with van der Waals surface area (Å²) < 4.78 is 5.80. The molecule has 0 saturated carbocycles. The van der Waals surface area contributed by atoms with Crippen molar-refractivity contribution in [3.8, 4) is 5.75 Å². The molecular weight excluding hydrogens is 328 g/mol. The van der Waals surface area contributed by atoms with Gasteiger partial charge in [0.05, 0.1) is 11.6 Å². The average Bonchev–Trinajstić information content (AvgIpc) is 2.35. The van der Waals surface area contributed by atoms with E-state index in [1.807, 2.05) is 0 Å². The summed E-state index contributed by atoms with van der Waals surface area (Å²) in [6.07, 6.45) is 0. The van der Waals surface area contributed by atoms with E-state index in [9.17, 15) is 9.59 Å². The Bertz CT molecular complexity index is 505. The number of carboxylic acid groups (broad SMARTS) is 1. The third-order valence-electron chi connectivity index (χ3n) is 2.59. The molecule has 1 aromatic carbocycles. The van der Waals surface area contributed by atoms with Gasteiger partial charge in [0, 0.05) is 11.7 Å². The highest BCUT2D eigenvalue weighted by Crippen LogP contribution is 2.27. The molecule has 0 aliphatic heterocycles. The van der Waals surface area contributed by atoms with Crippen LogP contribution in [-0.4, -0.2) is 41.7 Å². The maximum atomic E-state index is 12.1. The van der Waals surface area contributed by atoms with Gasteiger partial charge in [-0.05, 0) is 48.0 Å². The Morgan fingerprint density at radius 1 is 1.45 bits per heavy atom. The third-order valence-corrected chi connectivity index (χ3v) is 3.21. The molecule has 110 valence electrons. The molecule has 1 rings (SSSR count). The van der Waals surface area contributed by atoms with Gasteiger partial charge in [-0.25, -0.2) is 4.79 Å². The van der Waals surface area contributed by atoms with Crippen LogP contribution in [-0.2, 0) is 4.79 Å². The van der Waals surface area contributed by atoms with E-state index in [0.717, 1.165) is 0 Å². The first-order chi connectivity index (χ1) is 9.35. The summed E-state index contributed by atoms with van der Waals surface area (Å²) in [4.78, 5) is 24.1. The number of nitrogens with one attached hydrogen (secondary N) is 1. The maximum absolute atomic E-state index is 12.1. The minimum atomic E-state index is -1.05. The molecule has 0 aliphatic rings. The summed E-state index contributed by atoms with van der Waals surface area (Å²) in [6, 6.07) is 4.40. The zero-order valence-corrected chi connectivity index (χ0v) is 13.1. The second-order valence-electron chi connectivity index (χ2n) is 4.39. The first-order valence-electron chi connectivity index (χ1n) is 5.98. The van der Waals surface area contributed by atoms with Gasteiger partial charge in [0.25, 0.3) is 0 Å². The van der Waals surface area contributed by atoms with E-state index in [1.54, 1.807) is 39.2 Å². The number of carbonyl (C=O) groups excluding carboxylic acids is 1. The number of hydrogen-bond acceptors (Lipinski definition) is 3. The van der Waals surface area contributed by atoms with Gasteiger partial charge >= 0.3 is 12.0 Å². The lowest BCUT2D eigenvalue weighted by atomic mass is 10.3. The fourth-order valence-electron chi connectivity index (χ4n) is 1.57. The predicted molar refractivity (Wildman–Crippen MR) is 79.2 cm³/mol. The number of ether oxygens (including phenoxy) is 1. The lowest BCUT2D eigenvalue weighted by Gasteiger charge is -2.25. The number of hydrogen-bond donors (Lipinski definition) is 2. The molecule has 1 aromatic rings. The molecular formula is C13H17BrN2O4. The molecule has 6 nitrogen and oxygen atoms in total. The fourth-order valence-corrected chi connectivity index (χ4v) is 2.11.